The van der Waals surface area contributed by atoms with Crippen LogP contribution in [0.15, 0.2) is 16.8 Å². The molecule has 3 heteroatoms. The van der Waals surface area contributed by atoms with Crippen molar-refractivity contribution >= 4 is 11.5 Å². The van der Waals surface area contributed by atoms with Gasteiger partial charge in [-0.2, -0.15) is 0 Å². The molecule has 3 fully saturated rings. The van der Waals surface area contributed by atoms with Crippen LogP contribution in [0.25, 0.3) is 0 Å². The molecule has 4 aliphatic carbocycles. The Morgan fingerprint density at radius 1 is 1.12 bits per heavy atom. The number of ketones is 1. The minimum Gasteiger partial charge on any atom is -0.411 e. The van der Waals surface area contributed by atoms with Crippen LogP contribution in [0, 0.1) is 34.5 Å². The van der Waals surface area contributed by atoms with E-state index in [1.807, 2.05) is 6.92 Å². The number of hydrogen-bond acceptors (Lipinski definition) is 3. The highest BCUT2D eigenvalue weighted by Crippen LogP contribution is 2.66. The summed E-state index contributed by atoms with van der Waals surface area (Å²) in [5.74, 6) is 2.98. The fraction of sp³-hybridized carbons (Fsp3) is 0.810. The van der Waals surface area contributed by atoms with Gasteiger partial charge >= 0.3 is 0 Å². The van der Waals surface area contributed by atoms with E-state index in [4.69, 9.17) is 5.21 Å². The van der Waals surface area contributed by atoms with Crippen molar-refractivity contribution in [2.24, 2.45) is 39.7 Å². The first-order chi connectivity index (χ1) is 11.4. The van der Waals surface area contributed by atoms with E-state index < -0.39 is 0 Å². The largest absolute Gasteiger partial charge is 0.411 e. The number of carbonyl (C=O) groups excluding carboxylic acids is 1. The number of hydrogen-bond donors (Lipinski definition) is 1. The zero-order chi connectivity index (χ0) is 17.1. The monoisotopic (exact) mass is 329 g/mol. The highest BCUT2D eigenvalue weighted by atomic mass is 16.4. The standard InChI is InChI=1S/C21H31NO2/c1-13(23)17-6-7-18-16-5-4-14-12-15(22-24)8-10-20(14,2)19(16)9-11-21(17,18)3/h12,16-19,24H,4-11H2,1-3H3/b22-15-. The van der Waals surface area contributed by atoms with Crippen LogP contribution >= 0.6 is 0 Å². The molecule has 0 heterocycles. The molecular weight excluding hydrogens is 298 g/mol. The zero-order valence-electron chi connectivity index (χ0n) is 15.3. The number of rotatable bonds is 1. The maximum Gasteiger partial charge on any atom is 0.133 e. The molecule has 0 amide bonds. The van der Waals surface area contributed by atoms with Crippen molar-refractivity contribution in [2.75, 3.05) is 0 Å². The van der Waals surface area contributed by atoms with Gasteiger partial charge in [0.2, 0.25) is 0 Å². The van der Waals surface area contributed by atoms with Crippen LogP contribution in [0.3, 0.4) is 0 Å². The molecule has 6 atom stereocenters. The summed E-state index contributed by atoms with van der Waals surface area (Å²) >= 11 is 0. The van der Waals surface area contributed by atoms with Crippen molar-refractivity contribution in [3.05, 3.63) is 11.6 Å². The summed E-state index contributed by atoms with van der Waals surface area (Å²) in [4.78, 5) is 12.2. The third-order valence-electron chi connectivity index (χ3n) is 8.60. The molecule has 1 N–H and O–H groups in total. The number of oxime groups is 1. The second-order valence-corrected chi connectivity index (χ2v) is 9.38. The third-order valence-corrected chi connectivity index (χ3v) is 8.60. The quantitative estimate of drug-likeness (QED) is 0.544. The number of fused-ring (bicyclic) bond motifs is 5. The summed E-state index contributed by atoms with van der Waals surface area (Å²) in [5, 5.41) is 12.6. The van der Waals surface area contributed by atoms with Crippen molar-refractivity contribution < 1.29 is 10.0 Å². The van der Waals surface area contributed by atoms with Gasteiger partial charge in [-0.3, -0.25) is 4.79 Å². The van der Waals surface area contributed by atoms with Gasteiger partial charge in [0.1, 0.15) is 5.78 Å². The molecule has 0 aliphatic heterocycles. The first-order valence-electron chi connectivity index (χ1n) is 9.82. The smallest absolute Gasteiger partial charge is 0.133 e. The summed E-state index contributed by atoms with van der Waals surface area (Å²) in [6, 6.07) is 0. The lowest BCUT2D eigenvalue weighted by Crippen LogP contribution is -2.51. The van der Waals surface area contributed by atoms with Gasteiger partial charge in [-0.05, 0) is 93.0 Å². The Balaban J connectivity index is 1.66. The van der Waals surface area contributed by atoms with Crippen LogP contribution in [-0.4, -0.2) is 16.7 Å². The number of Topliss-reactive ketones (excluding diaryl/α,β-unsaturated/α-hetero) is 1. The number of allylic oxidation sites excluding steroid dienone is 2. The van der Waals surface area contributed by atoms with Gasteiger partial charge in [-0.15, -0.1) is 0 Å². The van der Waals surface area contributed by atoms with Crippen molar-refractivity contribution in [1.29, 1.82) is 0 Å². The molecule has 0 saturated heterocycles. The van der Waals surface area contributed by atoms with E-state index in [1.54, 1.807) is 0 Å². The fourth-order valence-corrected chi connectivity index (χ4v) is 7.32. The van der Waals surface area contributed by atoms with Crippen molar-refractivity contribution in [3.63, 3.8) is 0 Å². The van der Waals surface area contributed by atoms with Crippen LogP contribution in [0.1, 0.15) is 72.1 Å². The maximum absolute atomic E-state index is 12.2. The van der Waals surface area contributed by atoms with Crippen molar-refractivity contribution in [3.8, 4) is 0 Å². The first-order valence-corrected chi connectivity index (χ1v) is 9.82. The lowest BCUT2D eigenvalue weighted by Gasteiger charge is -2.58. The predicted octanol–water partition coefficient (Wildman–Crippen LogP) is 4.98. The van der Waals surface area contributed by atoms with Gasteiger partial charge in [0.05, 0.1) is 5.71 Å². The molecule has 3 saturated carbocycles. The first kappa shape index (κ1) is 16.4. The summed E-state index contributed by atoms with van der Waals surface area (Å²) < 4.78 is 0. The predicted molar refractivity (Wildman–Crippen MR) is 95.1 cm³/mol. The van der Waals surface area contributed by atoms with E-state index in [0.29, 0.717) is 11.7 Å². The minimum absolute atomic E-state index is 0.247. The van der Waals surface area contributed by atoms with Crippen LogP contribution in [-0.2, 0) is 4.79 Å². The summed E-state index contributed by atoms with van der Waals surface area (Å²) in [6.45, 7) is 6.69. The Labute approximate surface area is 145 Å². The summed E-state index contributed by atoms with van der Waals surface area (Å²) in [6.07, 6.45) is 11.5. The van der Waals surface area contributed by atoms with E-state index in [0.717, 1.165) is 49.1 Å². The molecule has 0 aromatic rings. The average molecular weight is 329 g/mol. The van der Waals surface area contributed by atoms with Crippen LogP contribution in [0.5, 0.6) is 0 Å². The van der Waals surface area contributed by atoms with Gasteiger partial charge in [0.25, 0.3) is 0 Å². The Bertz CT molecular complexity index is 621. The molecule has 0 aromatic carbocycles. The SMILES string of the molecule is CC(=O)C1CCC2C3CCC4=C/C(=N\O)CCC4(C)C3CCC12C. The molecular formula is C21H31NO2. The molecule has 24 heavy (non-hydrogen) atoms. The topological polar surface area (TPSA) is 49.7 Å². The molecule has 6 unspecified atom stereocenters. The number of carbonyl (C=O) groups is 1. The van der Waals surface area contributed by atoms with Gasteiger partial charge in [-0.1, -0.05) is 24.6 Å². The molecule has 0 radical (unpaired) electrons. The molecule has 4 aliphatic rings. The van der Waals surface area contributed by atoms with E-state index in [1.165, 1.54) is 31.3 Å². The highest BCUT2D eigenvalue weighted by molar-refractivity contribution is 5.96. The van der Waals surface area contributed by atoms with Crippen LogP contribution in [0.4, 0.5) is 0 Å². The van der Waals surface area contributed by atoms with E-state index in [9.17, 15) is 4.79 Å². The average Bonchev–Trinajstić information content (AvgIpc) is 2.91. The Morgan fingerprint density at radius 3 is 2.62 bits per heavy atom. The molecule has 0 bridgehead atoms. The summed E-state index contributed by atoms with van der Waals surface area (Å²) in [5.41, 5.74) is 2.91. The number of nitrogens with zero attached hydrogens (tertiary/aromatic N) is 1. The van der Waals surface area contributed by atoms with E-state index in [2.05, 4.69) is 25.1 Å². The Kier molecular flexibility index (Phi) is 3.71. The second kappa shape index (κ2) is 5.44. The van der Waals surface area contributed by atoms with Gasteiger partial charge < -0.3 is 5.21 Å². The van der Waals surface area contributed by atoms with E-state index >= 15 is 0 Å². The molecule has 4 rings (SSSR count). The lowest BCUT2D eigenvalue weighted by atomic mass is 9.46. The second-order valence-electron chi connectivity index (χ2n) is 9.38. The highest BCUT2D eigenvalue weighted by Gasteiger charge is 2.59. The molecule has 0 spiro atoms. The minimum atomic E-state index is 0.247. The van der Waals surface area contributed by atoms with Crippen molar-refractivity contribution in [2.45, 2.75) is 72.1 Å². The van der Waals surface area contributed by atoms with E-state index in [-0.39, 0.29) is 10.8 Å². The van der Waals surface area contributed by atoms with Crippen molar-refractivity contribution in [1.82, 2.24) is 0 Å². The lowest BCUT2D eigenvalue weighted by molar-refractivity contribution is -0.127. The maximum atomic E-state index is 12.2. The normalized spacial score (nSPS) is 49.1. The fourth-order valence-electron chi connectivity index (χ4n) is 7.32. The Hall–Kier alpha value is -1.12. The Morgan fingerprint density at radius 2 is 1.92 bits per heavy atom. The van der Waals surface area contributed by atoms with Crippen LogP contribution in [0.2, 0.25) is 0 Å². The van der Waals surface area contributed by atoms with Gasteiger partial charge in [0.15, 0.2) is 0 Å². The third kappa shape index (κ3) is 2.09. The van der Waals surface area contributed by atoms with Crippen LogP contribution < -0.4 is 0 Å². The molecule has 0 aromatic heterocycles. The molecule has 132 valence electrons. The summed E-state index contributed by atoms with van der Waals surface area (Å²) in [7, 11) is 0. The van der Waals surface area contributed by atoms with Gasteiger partial charge in [-0.25, -0.2) is 0 Å². The van der Waals surface area contributed by atoms with Gasteiger partial charge in [0, 0.05) is 5.92 Å². The zero-order valence-corrected chi connectivity index (χ0v) is 15.3. The molecule has 3 nitrogen and oxygen atoms in total.